The minimum Gasteiger partial charge on any atom is -0.392 e. The van der Waals surface area contributed by atoms with Gasteiger partial charge in [0.2, 0.25) is 0 Å². The van der Waals surface area contributed by atoms with Gasteiger partial charge in [-0.25, -0.2) is 0 Å². The molecule has 0 fully saturated rings. The minimum absolute atomic E-state index is 0.113. The van der Waals surface area contributed by atoms with Gasteiger partial charge in [0.25, 0.3) is 0 Å². The van der Waals surface area contributed by atoms with Gasteiger partial charge < -0.3 is 5.11 Å². The van der Waals surface area contributed by atoms with E-state index < -0.39 is 0 Å². The molecule has 1 aromatic heterocycles. The molecule has 1 aromatic rings. The van der Waals surface area contributed by atoms with Crippen LogP contribution in [-0.4, -0.2) is 16.7 Å². The summed E-state index contributed by atoms with van der Waals surface area (Å²) < 4.78 is 0. The topological polar surface area (TPSA) is 33.1 Å². The van der Waals surface area contributed by atoms with Crippen LogP contribution in [0, 0.1) is 0 Å². The van der Waals surface area contributed by atoms with Crippen molar-refractivity contribution in [2.75, 3.05) is 6.61 Å². The maximum atomic E-state index is 9.21. The lowest BCUT2D eigenvalue weighted by Crippen LogP contribution is -2.12. The summed E-state index contributed by atoms with van der Waals surface area (Å²) in [5.74, 6) is 0. The van der Waals surface area contributed by atoms with E-state index in [1.165, 1.54) is 5.56 Å². The molecule has 80 valence electrons. The number of nitrogens with zero attached hydrogens (tertiary/aromatic N) is 1. The highest BCUT2D eigenvalue weighted by Crippen LogP contribution is 2.30. The van der Waals surface area contributed by atoms with Crippen molar-refractivity contribution >= 4 is 5.57 Å². The Balaban J connectivity index is 2.46. The van der Waals surface area contributed by atoms with E-state index in [0.29, 0.717) is 0 Å². The predicted molar refractivity (Wildman–Crippen MR) is 61.7 cm³/mol. The van der Waals surface area contributed by atoms with E-state index in [1.807, 2.05) is 6.20 Å². The highest BCUT2D eigenvalue weighted by Gasteiger charge is 2.20. The molecule has 0 aliphatic heterocycles. The van der Waals surface area contributed by atoms with Crippen LogP contribution in [0.4, 0.5) is 0 Å². The Labute approximate surface area is 90.7 Å². The lowest BCUT2D eigenvalue weighted by Gasteiger charge is -2.19. The molecule has 2 rings (SSSR count). The monoisotopic (exact) mass is 203 g/mol. The van der Waals surface area contributed by atoms with Gasteiger partial charge in [0.1, 0.15) is 0 Å². The molecule has 15 heavy (non-hydrogen) atoms. The lowest BCUT2D eigenvalue weighted by molar-refractivity contribution is 0.350. The number of rotatable bonds is 1. The van der Waals surface area contributed by atoms with Gasteiger partial charge in [-0.15, -0.1) is 0 Å². The van der Waals surface area contributed by atoms with Crippen molar-refractivity contribution < 1.29 is 5.11 Å². The molecule has 1 aliphatic carbocycles. The first-order chi connectivity index (χ1) is 7.02. The Bertz CT molecular complexity index is 413. The summed E-state index contributed by atoms with van der Waals surface area (Å²) in [6.07, 6.45) is 4.87. The SMILES string of the molecule is CC(C)(C)c1cnc2c(c1)C(CO)=CC2. The van der Waals surface area contributed by atoms with E-state index in [2.05, 4.69) is 37.9 Å². The van der Waals surface area contributed by atoms with E-state index in [-0.39, 0.29) is 12.0 Å². The molecule has 0 atom stereocenters. The highest BCUT2D eigenvalue weighted by atomic mass is 16.3. The van der Waals surface area contributed by atoms with Crippen LogP contribution in [0.15, 0.2) is 18.3 Å². The van der Waals surface area contributed by atoms with Crippen LogP contribution >= 0.6 is 0 Å². The predicted octanol–water partition coefficient (Wildman–Crippen LogP) is 2.31. The summed E-state index contributed by atoms with van der Waals surface area (Å²) in [5, 5.41) is 9.21. The Kier molecular flexibility index (Phi) is 2.39. The first-order valence-corrected chi connectivity index (χ1v) is 5.32. The standard InChI is InChI=1S/C13H17NO/c1-13(2,3)10-6-11-9(8-15)4-5-12(11)14-7-10/h4,6-7,15H,5,8H2,1-3H3. The zero-order chi connectivity index (χ0) is 11.1. The van der Waals surface area contributed by atoms with E-state index in [9.17, 15) is 5.11 Å². The van der Waals surface area contributed by atoms with Crippen molar-refractivity contribution in [3.63, 3.8) is 0 Å². The number of allylic oxidation sites excluding steroid dienone is 1. The van der Waals surface area contributed by atoms with Crippen molar-refractivity contribution in [1.29, 1.82) is 0 Å². The second kappa shape index (κ2) is 3.46. The summed E-state index contributed by atoms with van der Waals surface area (Å²) in [6.45, 7) is 6.64. The summed E-state index contributed by atoms with van der Waals surface area (Å²) >= 11 is 0. The van der Waals surface area contributed by atoms with Crippen molar-refractivity contribution in [3.8, 4) is 0 Å². The zero-order valence-corrected chi connectivity index (χ0v) is 9.54. The molecule has 2 heteroatoms. The van der Waals surface area contributed by atoms with Gasteiger partial charge in [-0.2, -0.15) is 0 Å². The van der Waals surface area contributed by atoms with Crippen LogP contribution in [0.3, 0.4) is 0 Å². The molecule has 0 unspecified atom stereocenters. The molecular weight excluding hydrogens is 186 g/mol. The molecule has 1 heterocycles. The van der Waals surface area contributed by atoms with Gasteiger partial charge in [0.15, 0.2) is 0 Å². The molecule has 0 saturated heterocycles. The van der Waals surface area contributed by atoms with Crippen molar-refractivity contribution in [2.45, 2.75) is 32.6 Å². The van der Waals surface area contributed by atoms with Gasteiger partial charge in [0, 0.05) is 18.2 Å². The number of pyridine rings is 1. The molecule has 0 amide bonds. The van der Waals surface area contributed by atoms with E-state index in [4.69, 9.17) is 0 Å². The smallest absolute Gasteiger partial charge is 0.0685 e. The van der Waals surface area contributed by atoms with Gasteiger partial charge >= 0.3 is 0 Å². The Morgan fingerprint density at radius 3 is 2.73 bits per heavy atom. The maximum absolute atomic E-state index is 9.21. The number of aliphatic hydroxyl groups is 1. The summed E-state index contributed by atoms with van der Waals surface area (Å²) in [7, 11) is 0. The molecule has 1 aliphatic rings. The third-order valence-corrected chi connectivity index (χ3v) is 2.89. The Hall–Kier alpha value is -1.15. The Morgan fingerprint density at radius 1 is 1.40 bits per heavy atom. The number of hydrogen-bond donors (Lipinski definition) is 1. The fourth-order valence-corrected chi connectivity index (χ4v) is 1.82. The van der Waals surface area contributed by atoms with Gasteiger partial charge in [-0.05, 0) is 22.6 Å². The fourth-order valence-electron chi connectivity index (χ4n) is 1.82. The first-order valence-electron chi connectivity index (χ1n) is 5.32. The average Bonchev–Trinajstić information content (AvgIpc) is 2.57. The second-order valence-electron chi connectivity index (χ2n) is 5.06. The number of fused-ring (bicyclic) bond motifs is 1. The molecule has 0 saturated carbocycles. The number of aliphatic hydroxyl groups excluding tert-OH is 1. The van der Waals surface area contributed by atoms with E-state index in [1.54, 1.807) is 0 Å². The molecule has 1 N–H and O–H groups in total. The van der Waals surface area contributed by atoms with Crippen molar-refractivity contribution in [2.24, 2.45) is 0 Å². The fraction of sp³-hybridized carbons (Fsp3) is 0.462. The lowest BCUT2D eigenvalue weighted by atomic mass is 9.87. The zero-order valence-electron chi connectivity index (χ0n) is 9.54. The van der Waals surface area contributed by atoms with Crippen LogP contribution in [0.5, 0.6) is 0 Å². The van der Waals surface area contributed by atoms with Crippen molar-refractivity contribution in [1.82, 2.24) is 4.98 Å². The summed E-state index contributed by atoms with van der Waals surface area (Å²) in [6, 6.07) is 2.16. The van der Waals surface area contributed by atoms with Gasteiger partial charge in [0.05, 0.1) is 12.3 Å². The van der Waals surface area contributed by atoms with Gasteiger partial charge in [-0.3, -0.25) is 4.98 Å². The van der Waals surface area contributed by atoms with Crippen LogP contribution in [-0.2, 0) is 11.8 Å². The van der Waals surface area contributed by atoms with E-state index >= 15 is 0 Å². The average molecular weight is 203 g/mol. The quantitative estimate of drug-likeness (QED) is 0.759. The number of hydrogen-bond acceptors (Lipinski definition) is 2. The normalized spacial score (nSPS) is 15.1. The van der Waals surface area contributed by atoms with Crippen LogP contribution in [0.1, 0.15) is 37.6 Å². The number of aromatic nitrogens is 1. The van der Waals surface area contributed by atoms with Crippen LogP contribution in [0.2, 0.25) is 0 Å². The Morgan fingerprint density at radius 2 is 2.13 bits per heavy atom. The van der Waals surface area contributed by atoms with Crippen LogP contribution in [0.25, 0.3) is 5.57 Å². The van der Waals surface area contributed by atoms with Gasteiger partial charge in [-0.1, -0.05) is 26.8 Å². The third-order valence-electron chi connectivity index (χ3n) is 2.89. The molecular formula is C13H17NO. The van der Waals surface area contributed by atoms with Crippen molar-refractivity contribution in [3.05, 3.63) is 35.2 Å². The largest absolute Gasteiger partial charge is 0.392 e. The first kappa shape index (κ1) is 10.4. The highest BCUT2D eigenvalue weighted by molar-refractivity contribution is 5.72. The summed E-state index contributed by atoms with van der Waals surface area (Å²) in [5.41, 5.74) is 4.58. The molecule has 0 aromatic carbocycles. The van der Waals surface area contributed by atoms with Crippen LogP contribution < -0.4 is 0 Å². The molecule has 0 radical (unpaired) electrons. The molecule has 2 nitrogen and oxygen atoms in total. The maximum Gasteiger partial charge on any atom is 0.0685 e. The molecule has 0 spiro atoms. The molecule has 0 bridgehead atoms. The third kappa shape index (κ3) is 1.82. The summed E-state index contributed by atoms with van der Waals surface area (Å²) in [4.78, 5) is 4.46. The van der Waals surface area contributed by atoms with E-state index in [0.717, 1.165) is 23.3 Å². The minimum atomic E-state index is 0.113. The second-order valence-corrected chi connectivity index (χ2v) is 5.06.